The fourth-order valence-electron chi connectivity index (χ4n) is 2.14. The molecule has 2 aromatic rings. The van der Waals surface area contributed by atoms with Gasteiger partial charge < -0.3 is 9.64 Å². The lowest BCUT2D eigenvalue weighted by molar-refractivity contribution is -0.134. The normalized spacial score (nSPS) is 11.3. The zero-order chi connectivity index (χ0) is 20.2. The number of thiophene rings is 1. The summed E-state index contributed by atoms with van der Waals surface area (Å²) in [4.78, 5) is 26.8. The van der Waals surface area contributed by atoms with E-state index in [1.165, 1.54) is 28.4 Å². The Kier molecular flexibility index (Phi) is 7.40. The maximum Gasteiger partial charge on any atom is 0.339 e. The second-order valence-electron chi connectivity index (χ2n) is 5.38. The number of rotatable bonds is 7. The third-order valence-electron chi connectivity index (χ3n) is 3.52. The maximum atomic E-state index is 12.3. The Morgan fingerprint density at radius 3 is 2.56 bits per heavy atom. The molecule has 1 aromatic heterocycles. The molecule has 1 heterocycles. The molecule has 7 nitrogen and oxygen atoms in total. The van der Waals surface area contributed by atoms with Crippen molar-refractivity contribution in [3.8, 4) is 0 Å². The third kappa shape index (κ3) is 6.01. The van der Waals surface area contributed by atoms with Crippen LogP contribution in [0.25, 0.3) is 0 Å². The van der Waals surface area contributed by atoms with Crippen molar-refractivity contribution in [3.05, 3.63) is 49.6 Å². The quantitative estimate of drug-likeness (QED) is 0.594. The third-order valence-corrected chi connectivity index (χ3v) is 6.34. The number of sulfonamides is 1. The summed E-state index contributed by atoms with van der Waals surface area (Å²) in [6, 6.07) is 7.29. The van der Waals surface area contributed by atoms with Crippen molar-refractivity contribution < 1.29 is 22.7 Å². The molecule has 1 amide bonds. The number of halogens is 2. The molecule has 0 radical (unpaired) electrons. The van der Waals surface area contributed by atoms with E-state index < -0.39 is 22.6 Å². The highest BCUT2D eigenvalue weighted by atomic mass is 79.9. The van der Waals surface area contributed by atoms with E-state index in [0.29, 0.717) is 21.9 Å². The number of carbonyl (C=O) groups excluding carboxylic acids is 2. The number of benzene rings is 1. The average molecular weight is 496 g/mol. The molecule has 27 heavy (non-hydrogen) atoms. The van der Waals surface area contributed by atoms with Crippen molar-refractivity contribution >= 4 is 60.8 Å². The zero-order valence-electron chi connectivity index (χ0n) is 14.1. The molecule has 0 fully saturated rings. The van der Waals surface area contributed by atoms with Gasteiger partial charge >= 0.3 is 5.97 Å². The predicted octanol–water partition coefficient (Wildman–Crippen LogP) is 3.02. The molecule has 0 atom stereocenters. The van der Waals surface area contributed by atoms with E-state index in [1.807, 2.05) is 6.07 Å². The van der Waals surface area contributed by atoms with Crippen molar-refractivity contribution in [2.45, 2.75) is 18.4 Å². The summed E-state index contributed by atoms with van der Waals surface area (Å²) in [6.07, 6.45) is 0. The van der Waals surface area contributed by atoms with Crippen LogP contribution < -0.4 is 5.14 Å². The summed E-state index contributed by atoms with van der Waals surface area (Å²) >= 11 is 10.4. The Hall–Kier alpha value is -1.46. The molecular weight excluding hydrogens is 480 g/mol. The van der Waals surface area contributed by atoms with Crippen LogP contribution in [0.4, 0.5) is 0 Å². The Morgan fingerprint density at radius 2 is 2.00 bits per heavy atom. The summed E-state index contributed by atoms with van der Waals surface area (Å²) in [5, 5.41) is 5.07. The first kappa shape index (κ1) is 21.8. The Bertz CT molecular complexity index is 961. The van der Waals surface area contributed by atoms with Crippen LogP contribution in [-0.4, -0.2) is 38.3 Å². The Morgan fingerprint density at radius 1 is 1.30 bits per heavy atom. The van der Waals surface area contributed by atoms with Gasteiger partial charge in [-0.1, -0.05) is 11.6 Å². The molecule has 0 unspecified atom stereocenters. The Balaban J connectivity index is 2.04. The molecule has 0 aliphatic rings. The van der Waals surface area contributed by atoms with Crippen LogP contribution in [0.2, 0.25) is 4.34 Å². The number of hydrogen-bond donors (Lipinski definition) is 1. The summed E-state index contributed by atoms with van der Waals surface area (Å²) in [7, 11) is -3.97. The van der Waals surface area contributed by atoms with E-state index in [1.54, 1.807) is 13.0 Å². The van der Waals surface area contributed by atoms with E-state index in [2.05, 4.69) is 15.9 Å². The molecule has 0 saturated heterocycles. The smallest absolute Gasteiger partial charge is 0.339 e. The highest BCUT2D eigenvalue weighted by Crippen LogP contribution is 2.23. The lowest BCUT2D eigenvalue weighted by Gasteiger charge is -2.20. The highest BCUT2D eigenvalue weighted by Gasteiger charge is 2.20. The van der Waals surface area contributed by atoms with Crippen molar-refractivity contribution in [2.24, 2.45) is 5.14 Å². The highest BCUT2D eigenvalue weighted by molar-refractivity contribution is 9.10. The van der Waals surface area contributed by atoms with Gasteiger partial charge in [0.1, 0.15) is 0 Å². The minimum absolute atomic E-state index is 0.0394. The molecule has 2 N–H and O–H groups in total. The lowest BCUT2D eigenvalue weighted by Crippen LogP contribution is -2.33. The summed E-state index contributed by atoms with van der Waals surface area (Å²) < 4.78 is 28.9. The first-order valence-electron chi connectivity index (χ1n) is 7.63. The first-order chi connectivity index (χ1) is 12.6. The molecular formula is C16H16BrClN2O5S2. The van der Waals surface area contributed by atoms with Crippen molar-refractivity contribution in [2.75, 3.05) is 13.2 Å². The summed E-state index contributed by atoms with van der Waals surface area (Å²) in [6.45, 7) is 2.12. The van der Waals surface area contributed by atoms with Gasteiger partial charge in [-0.3, -0.25) is 4.79 Å². The SMILES string of the molecule is CCN(Cc1ccc(Cl)s1)C(=O)COC(=O)c1cc(S(N)(=O)=O)ccc1Br. The van der Waals surface area contributed by atoms with E-state index in [4.69, 9.17) is 21.5 Å². The van der Waals surface area contributed by atoms with Gasteiger partial charge in [0.05, 0.1) is 21.3 Å². The topological polar surface area (TPSA) is 107 Å². The van der Waals surface area contributed by atoms with Crippen LogP contribution in [0.3, 0.4) is 0 Å². The molecule has 0 aliphatic carbocycles. The monoisotopic (exact) mass is 494 g/mol. The second kappa shape index (κ2) is 9.16. The van der Waals surface area contributed by atoms with Gasteiger partial charge in [-0.05, 0) is 53.2 Å². The van der Waals surface area contributed by atoms with E-state index >= 15 is 0 Å². The van der Waals surface area contributed by atoms with Gasteiger partial charge in [0.25, 0.3) is 5.91 Å². The van der Waals surface area contributed by atoms with E-state index in [0.717, 1.165) is 10.9 Å². The number of primary sulfonamides is 1. The van der Waals surface area contributed by atoms with Crippen LogP contribution >= 0.6 is 38.9 Å². The molecule has 0 spiro atoms. The van der Waals surface area contributed by atoms with Gasteiger partial charge in [0.2, 0.25) is 10.0 Å². The standard InChI is InChI=1S/C16H16BrClN2O5S2/c1-2-20(8-10-3-6-14(18)26-10)15(21)9-25-16(22)12-7-11(27(19,23)24)4-5-13(12)17/h3-7H,2,8-9H2,1H3,(H2,19,23,24). The molecule has 0 aliphatic heterocycles. The molecule has 11 heteroatoms. The second-order valence-corrected chi connectivity index (χ2v) is 9.59. The fraction of sp³-hybridized carbons (Fsp3) is 0.250. The molecule has 2 rings (SSSR count). The zero-order valence-corrected chi connectivity index (χ0v) is 18.1. The number of carbonyl (C=O) groups is 2. The van der Waals surface area contributed by atoms with Crippen molar-refractivity contribution in [3.63, 3.8) is 0 Å². The Labute approximate surface area is 174 Å². The molecule has 1 aromatic carbocycles. The van der Waals surface area contributed by atoms with Gasteiger partial charge in [0, 0.05) is 15.9 Å². The predicted molar refractivity (Wildman–Crippen MR) is 106 cm³/mol. The molecule has 0 bridgehead atoms. The van der Waals surface area contributed by atoms with Crippen LogP contribution in [-0.2, 0) is 26.1 Å². The van der Waals surface area contributed by atoms with Crippen molar-refractivity contribution in [1.82, 2.24) is 4.90 Å². The molecule has 0 saturated carbocycles. The lowest BCUT2D eigenvalue weighted by atomic mass is 10.2. The van der Waals surface area contributed by atoms with E-state index in [9.17, 15) is 18.0 Å². The minimum atomic E-state index is -3.97. The number of hydrogen-bond acceptors (Lipinski definition) is 6. The fourth-order valence-corrected chi connectivity index (χ4v) is 4.19. The number of esters is 1. The van der Waals surface area contributed by atoms with E-state index in [-0.39, 0.29) is 16.4 Å². The van der Waals surface area contributed by atoms with Crippen LogP contribution in [0.1, 0.15) is 22.2 Å². The van der Waals surface area contributed by atoms with Crippen LogP contribution in [0, 0.1) is 0 Å². The summed E-state index contributed by atoms with van der Waals surface area (Å²) in [5.41, 5.74) is -0.0394. The molecule has 146 valence electrons. The number of likely N-dealkylation sites (N-methyl/N-ethyl adjacent to an activating group) is 1. The number of amides is 1. The van der Waals surface area contributed by atoms with Gasteiger partial charge in [-0.15, -0.1) is 11.3 Å². The van der Waals surface area contributed by atoms with Crippen molar-refractivity contribution in [1.29, 1.82) is 0 Å². The minimum Gasteiger partial charge on any atom is -0.452 e. The first-order valence-corrected chi connectivity index (χ1v) is 11.2. The average Bonchev–Trinajstić information content (AvgIpc) is 3.01. The largest absolute Gasteiger partial charge is 0.452 e. The van der Waals surface area contributed by atoms with Gasteiger partial charge in [0.15, 0.2) is 6.61 Å². The number of ether oxygens (including phenoxy) is 1. The number of nitrogens with zero attached hydrogens (tertiary/aromatic N) is 1. The number of nitrogens with two attached hydrogens (primary N) is 1. The summed E-state index contributed by atoms with van der Waals surface area (Å²) in [5.74, 6) is -1.22. The van der Waals surface area contributed by atoms with Gasteiger partial charge in [-0.25, -0.2) is 18.4 Å². The van der Waals surface area contributed by atoms with Crippen LogP contribution in [0.15, 0.2) is 39.7 Å². The van der Waals surface area contributed by atoms with Crippen LogP contribution in [0.5, 0.6) is 0 Å². The maximum absolute atomic E-state index is 12.3. The van der Waals surface area contributed by atoms with Gasteiger partial charge in [-0.2, -0.15) is 0 Å².